The number of ether oxygens (including phenoxy) is 1. The highest BCUT2D eigenvalue weighted by Crippen LogP contribution is 2.13. The van der Waals surface area contributed by atoms with Gasteiger partial charge in [-0.2, -0.15) is 5.10 Å². The molecule has 194 valence electrons. The van der Waals surface area contributed by atoms with Crippen LogP contribution >= 0.6 is 0 Å². The Morgan fingerprint density at radius 1 is 1.11 bits per heavy atom. The van der Waals surface area contributed by atoms with E-state index in [-0.39, 0.29) is 13.0 Å². The molecule has 1 heterocycles. The Labute approximate surface area is 211 Å². The summed E-state index contributed by atoms with van der Waals surface area (Å²) < 4.78 is 4.99. The van der Waals surface area contributed by atoms with Gasteiger partial charge in [0.05, 0.1) is 6.21 Å². The average molecular weight is 511 g/mol. The number of hydrogen-bond acceptors (Lipinski definition) is 8. The average Bonchev–Trinajstić information content (AvgIpc) is 3.14. The van der Waals surface area contributed by atoms with E-state index < -0.39 is 55.1 Å². The number of benzene rings is 2. The molecule has 6 N–H and O–H groups in total. The predicted octanol–water partition coefficient (Wildman–Crippen LogP) is -0.0621. The van der Waals surface area contributed by atoms with Crippen LogP contribution in [0, 0.1) is 0 Å². The quantitative estimate of drug-likeness (QED) is 0.120. The number of carbonyl (C=O) groups is 5. The van der Waals surface area contributed by atoms with Gasteiger partial charge < -0.3 is 31.6 Å². The van der Waals surface area contributed by atoms with E-state index in [1.165, 1.54) is 6.21 Å². The van der Waals surface area contributed by atoms with E-state index in [4.69, 9.17) is 10.6 Å². The van der Waals surface area contributed by atoms with E-state index in [0.29, 0.717) is 5.56 Å². The largest absolute Gasteiger partial charge is 0.480 e. The second-order valence-corrected chi connectivity index (χ2v) is 8.05. The first-order valence-corrected chi connectivity index (χ1v) is 11.2. The van der Waals surface area contributed by atoms with Gasteiger partial charge in [0, 0.05) is 13.0 Å². The smallest absolute Gasteiger partial charge is 0.408 e. The Morgan fingerprint density at radius 3 is 2.46 bits per heavy atom. The molecule has 3 rings (SSSR count). The number of carboxylic acids is 1. The summed E-state index contributed by atoms with van der Waals surface area (Å²) in [5, 5.41) is 19.8. The van der Waals surface area contributed by atoms with Gasteiger partial charge >= 0.3 is 18.1 Å². The number of carbonyl (C=O) groups excluding carboxylic acids is 4. The van der Waals surface area contributed by atoms with E-state index in [1.807, 2.05) is 0 Å². The maximum absolute atomic E-state index is 12.7. The van der Waals surface area contributed by atoms with Gasteiger partial charge in [0.25, 0.3) is 5.91 Å². The number of imide groups is 1. The summed E-state index contributed by atoms with van der Waals surface area (Å²) in [4.78, 5) is 61.4. The topological polar surface area (TPSA) is 193 Å². The molecule has 0 spiro atoms. The first-order valence-electron chi connectivity index (χ1n) is 11.2. The number of alkyl carbamates (subject to hydrolysis) is 1. The Hall–Kier alpha value is -4.94. The van der Waals surface area contributed by atoms with Crippen LogP contribution in [-0.4, -0.2) is 71.3 Å². The summed E-state index contributed by atoms with van der Waals surface area (Å²) in [7, 11) is 0. The van der Waals surface area contributed by atoms with Crippen molar-refractivity contribution in [1.82, 2.24) is 20.9 Å². The molecule has 2 atom stereocenters. The van der Waals surface area contributed by atoms with Crippen LogP contribution in [-0.2, 0) is 32.1 Å². The molecule has 5 amide bonds. The van der Waals surface area contributed by atoms with Crippen LogP contribution in [0.4, 0.5) is 9.59 Å². The van der Waals surface area contributed by atoms with Crippen LogP contribution in [0.2, 0.25) is 0 Å². The molecule has 0 bridgehead atoms. The predicted molar refractivity (Wildman–Crippen MR) is 130 cm³/mol. The Bertz CT molecular complexity index is 1170. The van der Waals surface area contributed by atoms with Gasteiger partial charge in [-0.25, -0.2) is 14.4 Å². The van der Waals surface area contributed by atoms with Crippen LogP contribution in [0.1, 0.15) is 16.7 Å². The number of nitrogens with one attached hydrogen (secondary N) is 3. The van der Waals surface area contributed by atoms with Gasteiger partial charge in [0.1, 0.15) is 25.2 Å². The summed E-state index contributed by atoms with van der Waals surface area (Å²) in [6.45, 7) is -1.16. The van der Waals surface area contributed by atoms with Gasteiger partial charge in [-0.05, 0) is 16.7 Å². The van der Waals surface area contributed by atoms with Crippen molar-refractivity contribution in [2.45, 2.75) is 25.1 Å². The number of aliphatic carboxylic acids is 1. The maximum Gasteiger partial charge on any atom is 0.408 e. The monoisotopic (exact) mass is 510 g/mol. The molecular formula is C24H26N6O7. The SMILES string of the molecule is N/N=C/c1ccc(CC2NC(=O)N(CC(=O)NCC(NC(=O)OCc3ccccc3)C(=O)O)C2=O)cc1. The highest BCUT2D eigenvalue weighted by Gasteiger charge is 2.39. The first kappa shape index (κ1) is 26.7. The van der Waals surface area contributed by atoms with Crippen molar-refractivity contribution < 1.29 is 33.8 Å². The fourth-order valence-electron chi connectivity index (χ4n) is 3.45. The molecule has 1 fully saturated rings. The molecule has 1 aliphatic heterocycles. The summed E-state index contributed by atoms with van der Waals surface area (Å²) in [6, 6.07) is 12.7. The van der Waals surface area contributed by atoms with Gasteiger partial charge in [0.15, 0.2) is 0 Å². The molecule has 1 saturated heterocycles. The zero-order valence-electron chi connectivity index (χ0n) is 19.6. The molecule has 0 radical (unpaired) electrons. The fraction of sp³-hybridized carbons (Fsp3) is 0.250. The molecule has 2 unspecified atom stereocenters. The number of amides is 5. The maximum atomic E-state index is 12.7. The summed E-state index contributed by atoms with van der Waals surface area (Å²) >= 11 is 0. The highest BCUT2D eigenvalue weighted by molar-refractivity contribution is 6.06. The minimum atomic E-state index is -1.49. The lowest BCUT2D eigenvalue weighted by molar-refractivity contribution is -0.139. The van der Waals surface area contributed by atoms with Gasteiger partial charge in [-0.3, -0.25) is 14.5 Å². The third-order valence-corrected chi connectivity index (χ3v) is 5.36. The summed E-state index contributed by atoms with van der Waals surface area (Å²) in [5.74, 6) is 2.33. The lowest BCUT2D eigenvalue weighted by Gasteiger charge is -2.17. The van der Waals surface area contributed by atoms with Crippen molar-refractivity contribution in [2.24, 2.45) is 10.9 Å². The van der Waals surface area contributed by atoms with Crippen LogP contribution < -0.4 is 21.8 Å². The van der Waals surface area contributed by atoms with E-state index in [2.05, 4.69) is 21.1 Å². The molecule has 2 aromatic carbocycles. The fourth-order valence-corrected chi connectivity index (χ4v) is 3.45. The number of hydrogen-bond donors (Lipinski definition) is 5. The number of rotatable bonds is 11. The van der Waals surface area contributed by atoms with Crippen molar-refractivity contribution in [3.63, 3.8) is 0 Å². The molecule has 13 heteroatoms. The van der Waals surface area contributed by atoms with E-state index in [0.717, 1.165) is 16.0 Å². The van der Waals surface area contributed by atoms with Crippen LogP contribution in [0.15, 0.2) is 59.7 Å². The van der Waals surface area contributed by atoms with Crippen molar-refractivity contribution in [3.8, 4) is 0 Å². The van der Waals surface area contributed by atoms with Crippen molar-refractivity contribution in [3.05, 3.63) is 71.3 Å². The van der Waals surface area contributed by atoms with Crippen molar-refractivity contribution >= 4 is 36.1 Å². The lowest BCUT2D eigenvalue weighted by Crippen LogP contribution is -2.50. The second-order valence-electron chi connectivity index (χ2n) is 8.05. The number of hydrazone groups is 1. The normalized spacial score (nSPS) is 15.8. The number of urea groups is 1. The zero-order valence-corrected chi connectivity index (χ0v) is 19.6. The van der Waals surface area contributed by atoms with E-state index in [9.17, 15) is 29.1 Å². The van der Waals surface area contributed by atoms with Crippen molar-refractivity contribution in [2.75, 3.05) is 13.1 Å². The Balaban J connectivity index is 1.47. The van der Waals surface area contributed by atoms with Crippen LogP contribution in [0.25, 0.3) is 0 Å². The molecule has 37 heavy (non-hydrogen) atoms. The van der Waals surface area contributed by atoms with Gasteiger partial charge in [0.2, 0.25) is 5.91 Å². The molecule has 0 aromatic heterocycles. The second kappa shape index (κ2) is 12.7. The summed E-state index contributed by atoms with van der Waals surface area (Å²) in [6.07, 6.45) is 0.689. The van der Waals surface area contributed by atoms with Crippen LogP contribution in [0.5, 0.6) is 0 Å². The minimum Gasteiger partial charge on any atom is -0.480 e. The standard InChI is InChI=1S/C24H26N6O7/c25-27-11-16-8-6-15(7-9-16)10-18-21(32)30(23(35)28-18)13-20(31)26-12-19(22(33)34)29-24(36)37-14-17-4-2-1-3-5-17/h1-9,11,18-19H,10,12-14,25H2,(H,26,31)(H,28,35)(H,29,36)(H,33,34)/b27-11+. The van der Waals surface area contributed by atoms with E-state index >= 15 is 0 Å². The zero-order chi connectivity index (χ0) is 26.8. The minimum absolute atomic E-state index is 0.0647. The van der Waals surface area contributed by atoms with E-state index in [1.54, 1.807) is 54.6 Å². The third-order valence-electron chi connectivity index (χ3n) is 5.36. The lowest BCUT2D eigenvalue weighted by atomic mass is 10.0. The van der Waals surface area contributed by atoms with Crippen molar-refractivity contribution in [1.29, 1.82) is 0 Å². The molecular weight excluding hydrogens is 484 g/mol. The number of carboxylic acid groups (broad SMARTS) is 1. The van der Waals surface area contributed by atoms with Gasteiger partial charge in [-0.15, -0.1) is 0 Å². The Morgan fingerprint density at radius 2 is 1.81 bits per heavy atom. The number of nitrogens with zero attached hydrogens (tertiary/aromatic N) is 2. The number of nitrogens with two attached hydrogens (primary N) is 1. The molecule has 2 aromatic rings. The van der Waals surface area contributed by atoms with Gasteiger partial charge in [-0.1, -0.05) is 54.6 Å². The molecule has 1 aliphatic rings. The van der Waals surface area contributed by atoms with Crippen LogP contribution in [0.3, 0.4) is 0 Å². The summed E-state index contributed by atoms with van der Waals surface area (Å²) in [5.41, 5.74) is 2.25. The Kier molecular flexibility index (Phi) is 9.13. The molecule has 0 aliphatic carbocycles. The molecule has 0 saturated carbocycles. The first-order chi connectivity index (χ1) is 17.8. The highest BCUT2D eigenvalue weighted by atomic mass is 16.5. The molecule has 13 nitrogen and oxygen atoms in total. The third kappa shape index (κ3) is 7.78.